The van der Waals surface area contributed by atoms with E-state index in [0.29, 0.717) is 33.6 Å². The molecule has 0 spiro atoms. The summed E-state index contributed by atoms with van der Waals surface area (Å²) in [6.07, 6.45) is 1.50. The molecule has 188 valence electrons. The van der Waals surface area contributed by atoms with Gasteiger partial charge in [-0.3, -0.25) is 0 Å². The maximum Gasteiger partial charge on any atom is 0.322 e. The van der Waals surface area contributed by atoms with Crippen LogP contribution < -0.4 is 5.32 Å². The number of urea groups is 1. The number of anilines is 1. The summed E-state index contributed by atoms with van der Waals surface area (Å²) in [4.78, 5) is 18.8. The Hall–Kier alpha value is -2.59. The van der Waals surface area contributed by atoms with Crippen LogP contribution in [0.5, 0.6) is 0 Å². The van der Waals surface area contributed by atoms with Crippen LogP contribution in [-0.4, -0.2) is 49.2 Å². The standard InChI is InChI=1S/C24H28Cl2N4O4S/c1-17(2)30-22(14-27-24(30)35(32,33)16-18-6-4-7-19(25)12-18)15-29(10-11-34-3)23(31)28-21-9-5-8-20(26)13-21/h4-9,12-14,17H,10-11,15-16H2,1-3H3,(H,28,31). The van der Waals surface area contributed by atoms with Crippen LogP contribution in [0.4, 0.5) is 10.5 Å². The molecule has 1 heterocycles. The molecular formula is C24H28Cl2N4O4S. The number of sulfone groups is 1. The molecule has 0 aliphatic rings. The third-order valence-electron chi connectivity index (χ3n) is 5.16. The summed E-state index contributed by atoms with van der Waals surface area (Å²) in [5.41, 5.74) is 1.70. The average molecular weight is 539 g/mol. The molecule has 11 heteroatoms. The number of hydrogen-bond acceptors (Lipinski definition) is 5. The maximum atomic E-state index is 13.3. The van der Waals surface area contributed by atoms with E-state index in [2.05, 4.69) is 10.3 Å². The quantitative estimate of drug-likeness (QED) is 0.371. The van der Waals surface area contributed by atoms with Crippen LogP contribution in [0.3, 0.4) is 0 Å². The van der Waals surface area contributed by atoms with Crippen molar-refractivity contribution in [2.45, 2.75) is 37.3 Å². The fraction of sp³-hybridized carbons (Fsp3) is 0.333. The zero-order valence-electron chi connectivity index (χ0n) is 19.7. The second-order valence-corrected chi connectivity index (χ2v) is 11.0. The molecule has 0 saturated carbocycles. The van der Waals surface area contributed by atoms with Crippen LogP contribution in [0.1, 0.15) is 31.1 Å². The van der Waals surface area contributed by atoms with Crippen molar-refractivity contribution in [2.75, 3.05) is 25.6 Å². The highest BCUT2D eigenvalue weighted by molar-refractivity contribution is 7.90. The largest absolute Gasteiger partial charge is 0.383 e. The molecule has 1 N–H and O–H groups in total. The molecule has 0 bridgehead atoms. The van der Waals surface area contributed by atoms with Gasteiger partial charge in [0, 0.05) is 35.4 Å². The minimum Gasteiger partial charge on any atom is -0.383 e. The minimum absolute atomic E-state index is 0.0515. The highest BCUT2D eigenvalue weighted by Gasteiger charge is 2.27. The van der Waals surface area contributed by atoms with Gasteiger partial charge in [-0.05, 0) is 49.7 Å². The van der Waals surface area contributed by atoms with Crippen molar-refractivity contribution in [3.63, 3.8) is 0 Å². The molecule has 8 nitrogen and oxygen atoms in total. The number of imidazole rings is 1. The third-order valence-corrected chi connectivity index (χ3v) is 7.20. The molecule has 35 heavy (non-hydrogen) atoms. The van der Waals surface area contributed by atoms with Crippen molar-refractivity contribution in [3.8, 4) is 0 Å². The second-order valence-electron chi connectivity index (χ2n) is 8.24. The molecule has 0 aliphatic heterocycles. The van der Waals surface area contributed by atoms with Crippen LogP contribution in [0, 0.1) is 0 Å². The monoisotopic (exact) mass is 538 g/mol. The van der Waals surface area contributed by atoms with Crippen LogP contribution in [0.2, 0.25) is 10.0 Å². The normalized spacial score (nSPS) is 11.6. The lowest BCUT2D eigenvalue weighted by atomic mass is 10.2. The first-order valence-corrected chi connectivity index (χ1v) is 13.3. The van der Waals surface area contributed by atoms with Gasteiger partial charge in [0.15, 0.2) is 0 Å². The first-order valence-electron chi connectivity index (χ1n) is 10.9. The molecule has 0 radical (unpaired) electrons. The number of carbonyl (C=O) groups excluding carboxylic acids is 1. The minimum atomic E-state index is -3.78. The van der Waals surface area contributed by atoms with Crippen molar-refractivity contribution in [3.05, 3.63) is 76.0 Å². The van der Waals surface area contributed by atoms with Crippen molar-refractivity contribution < 1.29 is 17.9 Å². The van der Waals surface area contributed by atoms with Gasteiger partial charge in [0.2, 0.25) is 15.0 Å². The van der Waals surface area contributed by atoms with Gasteiger partial charge in [0.1, 0.15) is 0 Å². The van der Waals surface area contributed by atoms with Gasteiger partial charge in [0.05, 0.1) is 30.8 Å². The van der Waals surface area contributed by atoms with E-state index in [1.807, 2.05) is 13.8 Å². The van der Waals surface area contributed by atoms with Crippen molar-refractivity contribution >= 4 is 44.8 Å². The number of nitrogens with one attached hydrogen (secondary N) is 1. The predicted octanol–water partition coefficient (Wildman–Crippen LogP) is 5.43. The van der Waals surface area contributed by atoms with E-state index in [1.54, 1.807) is 60.2 Å². The van der Waals surface area contributed by atoms with Gasteiger partial charge in [0.25, 0.3) is 0 Å². The van der Waals surface area contributed by atoms with Crippen LogP contribution in [0.25, 0.3) is 0 Å². The van der Waals surface area contributed by atoms with E-state index in [-0.39, 0.29) is 36.1 Å². The zero-order chi connectivity index (χ0) is 25.6. The van der Waals surface area contributed by atoms with Gasteiger partial charge in [-0.15, -0.1) is 0 Å². The highest BCUT2D eigenvalue weighted by Crippen LogP contribution is 2.24. The summed E-state index contributed by atoms with van der Waals surface area (Å²) in [5, 5.41) is 3.73. The van der Waals surface area contributed by atoms with E-state index in [9.17, 15) is 13.2 Å². The fourth-order valence-corrected chi connectivity index (χ4v) is 5.60. The van der Waals surface area contributed by atoms with Crippen molar-refractivity contribution in [1.29, 1.82) is 0 Å². The van der Waals surface area contributed by atoms with Crippen LogP contribution in [0.15, 0.2) is 59.9 Å². The molecule has 0 atom stereocenters. The molecular weight excluding hydrogens is 511 g/mol. The maximum absolute atomic E-state index is 13.3. The Morgan fingerprint density at radius 1 is 1.14 bits per heavy atom. The molecule has 0 aliphatic carbocycles. The SMILES string of the molecule is COCCN(Cc1cnc(S(=O)(=O)Cc2cccc(Cl)c2)n1C(C)C)C(=O)Nc1cccc(Cl)c1. The van der Waals surface area contributed by atoms with Crippen LogP contribution in [-0.2, 0) is 26.9 Å². The summed E-state index contributed by atoms with van der Waals surface area (Å²) >= 11 is 12.1. The Kier molecular flexibility index (Phi) is 9.18. The number of benzene rings is 2. The van der Waals surface area contributed by atoms with Crippen molar-refractivity contribution in [2.24, 2.45) is 0 Å². The number of nitrogens with zero attached hydrogens (tertiary/aromatic N) is 3. The first-order chi connectivity index (χ1) is 16.6. The number of amides is 2. The molecule has 3 aromatic rings. The highest BCUT2D eigenvalue weighted by atomic mass is 35.5. The van der Waals surface area contributed by atoms with E-state index in [1.165, 1.54) is 11.1 Å². The van der Waals surface area contributed by atoms with E-state index in [4.69, 9.17) is 27.9 Å². The summed E-state index contributed by atoms with van der Waals surface area (Å²) in [6.45, 7) is 4.47. The number of carbonyl (C=O) groups is 1. The smallest absolute Gasteiger partial charge is 0.322 e. The molecule has 3 rings (SSSR count). The topological polar surface area (TPSA) is 93.5 Å². The van der Waals surface area contributed by atoms with Gasteiger partial charge < -0.3 is 19.5 Å². The predicted molar refractivity (Wildman–Crippen MR) is 138 cm³/mol. The van der Waals surface area contributed by atoms with Gasteiger partial charge >= 0.3 is 6.03 Å². The summed E-state index contributed by atoms with van der Waals surface area (Å²) in [7, 11) is -2.23. The Labute approximate surface area is 215 Å². The molecule has 0 saturated heterocycles. The lowest BCUT2D eigenvalue weighted by molar-refractivity contribution is 0.151. The summed E-state index contributed by atoms with van der Waals surface area (Å²) in [6, 6.07) is 13.0. The molecule has 2 aromatic carbocycles. The van der Waals surface area contributed by atoms with Crippen molar-refractivity contribution in [1.82, 2.24) is 14.5 Å². The molecule has 0 fully saturated rings. The Morgan fingerprint density at radius 3 is 2.46 bits per heavy atom. The van der Waals surface area contributed by atoms with Crippen LogP contribution >= 0.6 is 23.2 Å². The van der Waals surface area contributed by atoms with E-state index >= 15 is 0 Å². The van der Waals surface area contributed by atoms with Gasteiger partial charge in [-0.1, -0.05) is 41.4 Å². The number of rotatable bonds is 10. The fourth-order valence-electron chi connectivity index (χ4n) is 3.61. The Morgan fingerprint density at radius 2 is 1.83 bits per heavy atom. The van der Waals surface area contributed by atoms with E-state index < -0.39 is 9.84 Å². The molecule has 2 amide bonds. The number of halogens is 2. The number of methoxy groups -OCH3 is 1. The second kappa shape index (κ2) is 11.9. The van der Waals surface area contributed by atoms with Gasteiger partial charge in [-0.2, -0.15) is 0 Å². The lowest BCUT2D eigenvalue weighted by Gasteiger charge is -2.24. The summed E-state index contributed by atoms with van der Waals surface area (Å²) in [5.74, 6) is -0.237. The molecule has 0 unspecified atom stereocenters. The summed E-state index contributed by atoms with van der Waals surface area (Å²) < 4.78 is 33.3. The number of ether oxygens (including phenoxy) is 1. The Bertz CT molecular complexity index is 1280. The average Bonchev–Trinajstić information content (AvgIpc) is 3.21. The first kappa shape index (κ1) is 27.0. The zero-order valence-corrected chi connectivity index (χ0v) is 22.1. The van der Waals surface area contributed by atoms with E-state index in [0.717, 1.165) is 0 Å². The molecule has 1 aromatic heterocycles. The Balaban J connectivity index is 1.88. The number of hydrogen-bond donors (Lipinski definition) is 1. The van der Waals surface area contributed by atoms with Gasteiger partial charge in [-0.25, -0.2) is 18.2 Å². The number of aromatic nitrogens is 2. The lowest BCUT2D eigenvalue weighted by Crippen LogP contribution is -2.37. The third kappa shape index (κ3) is 7.20.